The zero-order valence-electron chi connectivity index (χ0n) is 16.9. The molecule has 0 saturated carbocycles. The van der Waals surface area contributed by atoms with Crippen molar-refractivity contribution in [3.05, 3.63) is 100 Å². The highest BCUT2D eigenvalue weighted by molar-refractivity contribution is 8.19. The van der Waals surface area contributed by atoms with Gasteiger partial charge < -0.3 is 4.74 Å². The molecule has 0 atom stereocenters. The number of amides is 1. The number of hydrogen-bond donors (Lipinski definition) is 1. The van der Waals surface area contributed by atoms with E-state index in [1.54, 1.807) is 42.5 Å². The molecule has 9 heteroatoms. The molecule has 1 saturated heterocycles. The minimum absolute atomic E-state index is 0.0478. The number of para-hydroxylation sites is 1. The topological polar surface area (TPSA) is 53.4 Å². The Bertz CT molecular complexity index is 1240. The highest BCUT2D eigenvalue weighted by Crippen LogP contribution is 2.41. The number of carbonyl (C=O) groups excluding carboxylic acids is 1. The molecule has 1 aliphatic heterocycles. The number of ether oxygens (including phenoxy) is 1. The molecule has 1 aliphatic rings. The summed E-state index contributed by atoms with van der Waals surface area (Å²) in [4.78, 5) is 13.7. The van der Waals surface area contributed by atoms with Gasteiger partial charge in [-0.05, 0) is 53.7 Å². The van der Waals surface area contributed by atoms with E-state index in [2.05, 4.69) is 0 Å². The third-order valence-electron chi connectivity index (χ3n) is 4.80. The zero-order chi connectivity index (χ0) is 23.6. The molecule has 33 heavy (non-hydrogen) atoms. The normalized spacial score (nSPS) is 15.4. The third-order valence-corrected chi connectivity index (χ3v) is 5.69. The van der Waals surface area contributed by atoms with Gasteiger partial charge in [0.05, 0.1) is 16.2 Å². The number of rotatable bonds is 5. The summed E-state index contributed by atoms with van der Waals surface area (Å²) in [6, 6.07) is 17.5. The maximum Gasteiger partial charge on any atom is 0.418 e. The first-order chi connectivity index (χ1) is 15.7. The van der Waals surface area contributed by atoms with E-state index >= 15 is 0 Å². The van der Waals surface area contributed by atoms with Gasteiger partial charge in [-0.3, -0.25) is 15.1 Å². The fraction of sp³-hybridized carbons (Fsp3) is 0.0833. The summed E-state index contributed by atoms with van der Waals surface area (Å²) in [5, 5.41) is 7.76. The maximum absolute atomic E-state index is 13.7. The van der Waals surface area contributed by atoms with Gasteiger partial charge in [-0.1, -0.05) is 42.5 Å². The molecule has 1 amide bonds. The Morgan fingerprint density at radius 3 is 2.33 bits per heavy atom. The van der Waals surface area contributed by atoms with Gasteiger partial charge in [0.25, 0.3) is 5.91 Å². The van der Waals surface area contributed by atoms with Crippen molar-refractivity contribution in [2.45, 2.75) is 12.8 Å². The molecule has 1 fully saturated rings. The highest BCUT2D eigenvalue weighted by atomic mass is 32.2. The van der Waals surface area contributed by atoms with Crippen LogP contribution < -0.4 is 9.64 Å². The molecule has 0 unspecified atom stereocenters. The number of hydrogen-bond acceptors (Lipinski definition) is 4. The zero-order valence-corrected chi connectivity index (χ0v) is 17.7. The molecule has 1 N–H and O–H groups in total. The molecule has 0 aliphatic carbocycles. The molecule has 4 rings (SSSR count). The second-order valence-corrected chi connectivity index (χ2v) is 8.05. The van der Waals surface area contributed by atoms with E-state index in [4.69, 9.17) is 10.1 Å². The molecule has 3 aromatic rings. The largest absolute Gasteiger partial charge is 0.489 e. The Kier molecular flexibility index (Phi) is 6.24. The quantitative estimate of drug-likeness (QED) is 0.342. The lowest BCUT2D eigenvalue weighted by atomic mass is 10.1. The van der Waals surface area contributed by atoms with Gasteiger partial charge >= 0.3 is 6.18 Å². The Hall–Kier alpha value is -3.59. The van der Waals surface area contributed by atoms with E-state index < -0.39 is 17.6 Å². The summed E-state index contributed by atoms with van der Waals surface area (Å²) in [5.41, 5.74) is -0.355. The van der Waals surface area contributed by atoms with Crippen LogP contribution in [0.1, 0.15) is 16.7 Å². The summed E-state index contributed by atoms with van der Waals surface area (Å²) in [7, 11) is 0. The molecule has 0 spiro atoms. The number of carbonyl (C=O) groups is 1. The van der Waals surface area contributed by atoms with Crippen LogP contribution in [0, 0.1) is 11.2 Å². The molecule has 1 heterocycles. The Morgan fingerprint density at radius 2 is 1.64 bits per heavy atom. The van der Waals surface area contributed by atoms with Crippen LogP contribution in [0.25, 0.3) is 6.08 Å². The molecule has 168 valence electrons. The second kappa shape index (κ2) is 9.11. The number of alkyl halides is 3. The lowest BCUT2D eigenvalue weighted by molar-refractivity contribution is -0.137. The van der Waals surface area contributed by atoms with E-state index in [0.717, 1.165) is 22.7 Å². The minimum atomic E-state index is -4.66. The maximum atomic E-state index is 13.7. The first-order valence-electron chi connectivity index (χ1n) is 9.69. The minimum Gasteiger partial charge on any atom is -0.489 e. The number of amidine groups is 1. The second-order valence-electron chi connectivity index (χ2n) is 7.02. The van der Waals surface area contributed by atoms with E-state index in [-0.39, 0.29) is 28.2 Å². The Balaban J connectivity index is 1.51. The standard InChI is InChI=1S/C24H16F4N2O2S/c25-19-7-3-1-5-16(19)14-32-17-11-9-15(10-12-17)13-21-22(31)30(23(29)33-21)20-8-4-2-6-18(20)24(26,27)28/h1-13,29H,14H2/b21-13-,29-23?. The summed E-state index contributed by atoms with van der Waals surface area (Å²) >= 11 is 0.785. The van der Waals surface area contributed by atoms with Crippen molar-refractivity contribution < 1.29 is 27.1 Å². The van der Waals surface area contributed by atoms with Crippen LogP contribution in [-0.2, 0) is 17.6 Å². The van der Waals surface area contributed by atoms with Crippen molar-refractivity contribution in [3.8, 4) is 5.75 Å². The Morgan fingerprint density at radius 1 is 0.970 bits per heavy atom. The van der Waals surface area contributed by atoms with E-state index in [0.29, 0.717) is 16.9 Å². The number of thioether (sulfide) groups is 1. The number of anilines is 1. The van der Waals surface area contributed by atoms with Crippen LogP contribution >= 0.6 is 11.8 Å². The van der Waals surface area contributed by atoms with Crippen LogP contribution in [0.5, 0.6) is 5.75 Å². The van der Waals surface area contributed by atoms with Gasteiger partial charge in [-0.2, -0.15) is 13.2 Å². The molecular formula is C24H16F4N2O2S. The summed E-state index contributed by atoms with van der Waals surface area (Å²) < 4.78 is 59.4. The summed E-state index contributed by atoms with van der Waals surface area (Å²) in [5.74, 6) is -0.587. The highest BCUT2D eigenvalue weighted by Gasteiger charge is 2.40. The fourth-order valence-corrected chi connectivity index (χ4v) is 4.06. The van der Waals surface area contributed by atoms with Crippen molar-refractivity contribution in [1.29, 1.82) is 5.41 Å². The summed E-state index contributed by atoms with van der Waals surface area (Å²) in [6.07, 6.45) is -3.16. The predicted molar refractivity (Wildman–Crippen MR) is 119 cm³/mol. The average molecular weight is 472 g/mol. The molecule has 0 bridgehead atoms. The first kappa shape index (κ1) is 22.6. The molecule has 0 aromatic heterocycles. The van der Waals surface area contributed by atoms with Gasteiger partial charge in [-0.15, -0.1) is 0 Å². The average Bonchev–Trinajstić information content (AvgIpc) is 3.06. The van der Waals surface area contributed by atoms with Crippen molar-refractivity contribution >= 4 is 34.6 Å². The SMILES string of the molecule is N=C1S/C(=C\c2ccc(OCc3ccccc3F)cc2)C(=O)N1c1ccccc1C(F)(F)F. The van der Waals surface area contributed by atoms with Gasteiger partial charge in [0, 0.05) is 5.56 Å². The van der Waals surface area contributed by atoms with Gasteiger partial charge in [0.2, 0.25) is 0 Å². The van der Waals surface area contributed by atoms with E-state index in [1.807, 2.05) is 0 Å². The summed E-state index contributed by atoms with van der Waals surface area (Å²) in [6.45, 7) is 0.0478. The lowest BCUT2D eigenvalue weighted by Gasteiger charge is -2.19. The molecular weight excluding hydrogens is 456 g/mol. The van der Waals surface area contributed by atoms with Crippen molar-refractivity contribution in [3.63, 3.8) is 0 Å². The lowest BCUT2D eigenvalue weighted by Crippen LogP contribution is -2.30. The van der Waals surface area contributed by atoms with Crippen LogP contribution in [0.2, 0.25) is 0 Å². The van der Waals surface area contributed by atoms with Gasteiger partial charge in [0.15, 0.2) is 5.17 Å². The van der Waals surface area contributed by atoms with Crippen molar-refractivity contribution in [2.24, 2.45) is 0 Å². The van der Waals surface area contributed by atoms with Gasteiger partial charge in [0.1, 0.15) is 18.2 Å². The Labute approximate surface area is 191 Å². The van der Waals surface area contributed by atoms with Crippen LogP contribution in [-0.4, -0.2) is 11.1 Å². The number of nitrogens with zero attached hydrogens (tertiary/aromatic N) is 1. The van der Waals surface area contributed by atoms with E-state index in [9.17, 15) is 22.4 Å². The molecule has 4 nitrogen and oxygen atoms in total. The number of halogens is 4. The van der Waals surface area contributed by atoms with Crippen molar-refractivity contribution in [2.75, 3.05) is 4.90 Å². The monoisotopic (exact) mass is 472 g/mol. The number of nitrogens with one attached hydrogen (secondary N) is 1. The predicted octanol–water partition coefficient (Wildman–Crippen LogP) is 6.48. The van der Waals surface area contributed by atoms with Gasteiger partial charge in [-0.25, -0.2) is 4.39 Å². The third kappa shape index (κ3) is 4.93. The van der Waals surface area contributed by atoms with Crippen LogP contribution in [0.4, 0.5) is 23.2 Å². The van der Waals surface area contributed by atoms with Crippen LogP contribution in [0.15, 0.2) is 77.7 Å². The number of benzene rings is 3. The van der Waals surface area contributed by atoms with E-state index in [1.165, 1.54) is 30.3 Å². The molecule has 0 radical (unpaired) electrons. The van der Waals surface area contributed by atoms with Crippen molar-refractivity contribution in [1.82, 2.24) is 0 Å². The molecule has 3 aromatic carbocycles. The first-order valence-corrected chi connectivity index (χ1v) is 10.5. The fourth-order valence-electron chi connectivity index (χ4n) is 3.20. The smallest absolute Gasteiger partial charge is 0.418 e. The van der Waals surface area contributed by atoms with Crippen LogP contribution in [0.3, 0.4) is 0 Å².